The predicted molar refractivity (Wildman–Crippen MR) is 113 cm³/mol. The molecule has 4 aliphatic carbocycles. The van der Waals surface area contributed by atoms with Crippen LogP contribution in [0.3, 0.4) is 0 Å². The zero-order valence-corrected chi connectivity index (χ0v) is 18.7. The molecule has 0 spiro atoms. The Morgan fingerprint density at radius 3 is 2.81 bits per heavy atom. The molecule has 4 fully saturated rings. The molecule has 6 heteroatoms. The number of aliphatic hydroxyl groups excluding tert-OH is 2. The molecule has 2 N–H and O–H groups in total. The van der Waals surface area contributed by atoms with Crippen LogP contribution in [0.15, 0.2) is 23.8 Å². The number of fused-ring (bicyclic) bond motifs is 7. The van der Waals surface area contributed by atoms with E-state index in [-0.39, 0.29) is 34.7 Å². The Morgan fingerprint density at radius 1 is 1.32 bits per heavy atom. The molecule has 6 nitrogen and oxygen atoms in total. The fourth-order valence-corrected chi connectivity index (χ4v) is 8.12. The average molecular weight is 431 g/mol. The Kier molecular flexibility index (Phi) is 4.91. The van der Waals surface area contributed by atoms with Crippen molar-refractivity contribution in [1.82, 2.24) is 0 Å². The number of Topliss-reactive ketones (excluding diaryl/α,β-unsaturated/α-hetero) is 1. The van der Waals surface area contributed by atoms with E-state index in [1.54, 1.807) is 12.2 Å². The van der Waals surface area contributed by atoms with Crippen molar-refractivity contribution >= 4 is 11.6 Å². The largest absolute Gasteiger partial charge is 0.393 e. The number of ether oxygens (including phenoxy) is 2. The van der Waals surface area contributed by atoms with E-state index in [1.807, 2.05) is 6.08 Å². The Labute approximate surface area is 183 Å². The van der Waals surface area contributed by atoms with Gasteiger partial charge < -0.3 is 19.7 Å². The van der Waals surface area contributed by atoms with Crippen molar-refractivity contribution in [2.75, 3.05) is 6.61 Å². The van der Waals surface area contributed by atoms with Gasteiger partial charge in [0.2, 0.25) is 0 Å². The van der Waals surface area contributed by atoms with Crippen molar-refractivity contribution in [3.05, 3.63) is 23.8 Å². The second kappa shape index (κ2) is 7.08. The van der Waals surface area contributed by atoms with Gasteiger partial charge in [-0.25, -0.2) is 0 Å². The van der Waals surface area contributed by atoms with E-state index in [1.165, 1.54) is 0 Å². The highest BCUT2D eigenvalue weighted by Crippen LogP contribution is 2.69. The maximum atomic E-state index is 13.2. The van der Waals surface area contributed by atoms with Crippen molar-refractivity contribution in [2.45, 2.75) is 83.4 Å². The van der Waals surface area contributed by atoms with Crippen LogP contribution in [0.1, 0.15) is 59.3 Å². The number of aliphatic hydroxyl groups is 2. The van der Waals surface area contributed by atoms with Crippen LogP contribution in [0, 0.1) is 28.6 Å². The quantitative estimate of drug-likeness (QED) is 0.712. The summed E-state index contributed by atoms with van der Waals surface area (Å²) in [6.45, 7) is 5.67. The van der Waals surface area contributed by atoms with Crippen molar-refractivity contribution < 1.29 is 29.3 Å². The number of hydrogen-bond acceptors (Lipinski definition) is 6. The third-order valence-electron chi connectivity index (χ3n) is 9.37. The van der Waals surface area contributed by atoms with Crippen LogP contribution in [0.2, 0.25) is 0 Å². The van der Waals surface area contributed by atoms with Crippen molar-refractivity contribution in [1.29, 1.82) is 0 Å². The summed E-state index contributed by atoms with van der Waals surface area (Å²) in [6, 6.07) is 0. The molecule has 1 saturated heterocycles. The highest BCUT2D eigenvalue weighted by molar-refractivity contribution is 6.01. The lowest BCUT2D eigenvalue weighted by atomic mass is 9.46. The van der Waals surface area contributed by atoms with Crippen LogP contribution in [0.25, 0.3) is 0 Å². The number of ketones is 2. The Balaban J connectivity index is 1.55. The van der Waals surface area contributed by atoms with Gasteiger partial charge in [-0.15, -0.1) is 0 Å². The monoisotopic (exact) mass is 430 g/mol. The van der Waals surface area contributed by atoms with E-state index >= 15 is 0 Å². The molecule has 3 unspecified atom stereocenters. The second-order valence-electron chi connectivity index (χ2n) is 10.7. The molecule has 0 aromatic carbocycles. The fourth-order valence-electron chi connectivity index (χ4n) is 8.12. The highest BCUT2D eigenvalue weighted by Gasteiger charge is 2.75. The molecular weight excluding hydrogens is 396 g/mol. The molecule has 170 valence electrons. The summed E-state index contributed by atoms with van der Waals surface area (Å²) in [4.78, 5) is 25.2. The van der Waals surface area contributed by atoms with Crippen molar-refractivity contribution in [3.8, 4) is 0 Å². The van der Waals surface area contributed by atoms with E-state index in [0.717, 1.165) is 24.8 Å². The summed E-state index contributed by atoms with van der Waals surface area (Å²) < 4.78 is 12.7. The van der Waals surface area contributed by atoms with Gasteiger partial charge in [0.15, 0.2) is 23.5 Å². The van der Waals surface area contributed by atoms with E-state index in [2.05, 4.69) is 20.8 Å². The van der Waals surface area contributed by atoms with Gasteiger partial charge in [0, 0.05) is 16.7 Å². The van der Waals surface area contributed by atoms with E-state index in [4.69, 9.17) is 9.47 Å². The molecule has 5 rings (SSSR count). The van der Waals surface area contributed by atoms with Crippen LogP contribution in [-0.2, 0) is 19.1 Å². The Morgan fingerprint density at radius 2 is 2.10 bits per heavy atom. The third kappa shape index (κ3) is 2.65. The average Bonchev–Trinajstić information content (AvgIpc) is 3.20. The summed E-state index contributed by atoms with van der Waals surface area (Å²) in [5, 5.41) is 21.4. The van der Waals surface area contributed by atoms with Crippen molar-refractivity contribution in [3.63, 3.8) is 0 Å². The maximum absolute atomic E-state index is 13.2. The molecule has 0 bridgehead atoms. The molecular formula is C25H34O6. The summed E-state index contributed by atoms with van der Waals surface area (Å²) in [7, 11) is 0. The SMILES string of the molecule is CCCC1O[C@@H]2CC3C4CCC5=CC(=O)C=C[C@]5(C)[C@H]4[C@@H](O)C[C@]3(C)[C@]2(C(=O)CO)O1. The summed E-state index contributed by atoms with van der Waals surface area (Å²) >= 11 is 0. The topological polar surface area (TPSA) is 93.1 Å². The summed E-state index contributed by atoms with van der Waals surface area (Å²) in [5.74, 6) is 0.0274. The van der Waals surface area contributed by atoms with Gasteiger partial charge in [-0.3, -0.25) is 9.59 Å². The zero-order valence-electron chi connectivity index (χ0n) is 18.7. The standard InChI is InChI=1S/C25H34O6/c1-4-5-21-30-20-11-17-16-7-6-14-10-15(27)8-9-23(14,2)22(16)18(28)12-24(17,3)25(20,31-21)19(29)13-26/h8-10,16-18,20-22,26,28H,4-7,11-13H2,1-3H3/t16?,17?,18-,20+,21?,22+,23-,24-,25+/m0/s1. The minimum atomic E-state index is -1.20. The molecule has 0 radical (unpaired) electrons. The van der Waals surface area contributed by atoms with Gasteiger partial charge in [-0.1, -0.05) is 38.8 Å². The van der Waals surface area contributed by atoms with Crippen LogP contribution >= 0.6 is 0 Å². The second-order valence-corrected chi connectivity index (χ2v) is 10.7. The van der Waals surface area contributed by atoms with Gasteiger partial charge >= 0.3 is 0 Å². The van der Waals surface area contributed by atoms with Crippen LogP contribution in [0.4, 0.5) is 0 Å². The van der Waals surface area contributed by atoms with E-state index < -0.39 is 36.1 Å². The molecule has 0 aromatic rings. The fraction of sp³-hybridized carbons (Fsp3) is 0.760. The first-order valence-corrected chi connectivity index (χ1v) is 11.8. The van der Waals surface area contributed by atoms with Crippen LogP contribution in [-0.4, -0.2) is 52.5 Å². The number of rotatable bonds is 4. The van der Waals surface area contributed by atoms with Crippen LogP contribution < -0.4 is 0 Å². The minimum Gasteiger partial charge on any atom is -0.393 e. The Bertz CT molecular complexity index is 862. The molecule has 0 amide bonds. The van der Waals surface area contributed by atoms with Gasteiger partial charge in [-0.2, -0.15) is 0 Å². The Hall–Kier alpha value is -1.34. The molecule has 5 aliphatic rings. The summed E-state index contributed by atoms with van der Waals surface area (Å²) in [6.07, 6.45) is 8.31. The molecule has 0 aromatic heterocycles. The zero-order chi connectivity index (χ0) is 22.2. The lowest BCUT2D eigenvalue weighted by Gasteiger charge is -2.59. The normalized spacial score (nSPS) is 50.4. The van der Waals surface area contributed by atoms with Crippen LogP contribution in [0.5, 0.6) is 0 Å². The minimum absolute atomic E-state index is 0.0125. The highest BCUT2D eigenvalue weighted by atomic mass is 16.7. The van der Waals surface area contributed by atoms with Gasteiger partial charge in [0.25, 0.3) is 0 Å². The number of carbonyl (C=O) groups is 2. The van der Waals surface area contributed by atoms with E-state index in [0.29, 0.717) is 19.3 Å². The molecule has 1 heterocycles. The first-order chi connectivity index (χ1) is 14.7. The molecule has 9 atom stereocenters. The van der Waals surface area contributed by atoms with E-state index in [9.17, 15) is 19.8 Å². The predicted octanol–water partition coefficient (Wildman–Crippen LogP) is 2.72. The first kappa shape index (κ1) is 21.5. The lowest BCUT2D eigenvalue weighted by molar-refractivity contribution is -0.200. The number of allylic oxidation sites excluding steroid dienone is 4. The summed E-state index contributed by atoms with van der Waals surface area (Å²) in [5.41, 5.74) is -1.05. The maximum Gasteiger partial charge on any atom is 0.193 e. The molecule has 31 heavy (non-hydrogen) atoms. The van der Waals surface area contributed by atoms with Gasteiger partial charge in [-0.05, 0) is 56.1 Å². The van der Waals surface area contributed by atoms with Gasteiger partial charge in [0.05, 0.1) is 12.2 Å². The third-order valence-corrected chi connectivity index (χ3v) is 9.37. The smallest absolute Gasteiger partial charge is 0.193 e. The number of carbonyl (C=O) groups excluding carboxylic acids is 2. The molecule has 1 aliphatic heterocycles. The number of hydrogen-bond donors (Lipinski definition) is 2. The van der Waals surface area contributed by atoms with Gasteiger partial charge in [0.1, 0.15) is 6.61 Å². The lowest BCUT2D eigenvalue weighted by Crippen LogP contribution is -2.63. The van der Waals surface area contributed by atoms with Crippen molar-refractivity contribution in [2.24, 2.45) is 28.6 Å². The first-order valence-electron chi connectivity index (χ1n) is 11.8. The molecule has 3 saturated carbocycles.